The summed E-state index contributed by atoms with van der Waals surface area (Å²) in [5.74, 6) is -0.142. The Balaban J connectivity index is 3.10. The number of carbonyl (C=O) groups excluding carboxylic acids is 1. The van der Waals surface area contributed by atoms with E-state index in [-0.39, 0.29) is 12.6 Å². The lowest BCUT2D eigenvalue weighted by atomic mass is 10.2. The molecule has 0 saturated carbocycles. The van der Waals surface area contributed by atoms with E-state index in [9.17, 15) is 4.79 Å². The highest BCUT2D eigenvalue weighted by Gasteiger charge is 2.00. The predicted octanol–water partition coefficient (Wildman–Crippen LogP) is 1.49. The standard InChI is InChI=1S/C9H18O3/c1-2-3-4-6-9(11)12-8-5-7-10/h10H,2-8H2,1H3. The molecule has 1 N–H and O–H groups in total. The third-order valence-electron chi connectivity index (χ3n) is 1.55. The van der Waals surface area contributed by atoms with Crippen LogP contribution in [0, 0.1) is 0 Å². The number of unbranched alkanes of at least 4 members (excludes halogenated alkanes) is 2. The number of hydrogen-bond acceptors (Lipinski definition) is 3. The number of aliphatic hydroxyl groups is 1. The van der Waals surface area contributed by atoms with Crippen molar-refractivity contribution in [3.8, 4) is 0 Å². The van der Waals surface area contributed by atoms with E-state index in [4.69, 9.17) is 9.84 Å². The van der Waals surface area contributed by atoms with Crippen molar-refractivity contribution < 1.29 is 14.6 Å². The second kappa shape index (κ2) is 8.53. The molecule has 12 heavy (non-hydrogen) atoms. The number of esters is 1. The first kappa shape index (κ1) is 11.4. The number of aliphatic hydroxyl groups excluding tert-OH is 1. The number of carbonyl (C=O) groups is 1. The van der Waals surface area contributed by atoms with Gasteiger partial charge >= 0.3 is 5.97 Å². The molecule has 0 heterocycles. The van der Waals surface area contributed by atoms with E-state index in [1.807, 2.05) is 0 Å². The maximum Gasteiger partial charge on any atom is 0.305 e. The first-order valence-electron chi connectivity index (χ1n) is 4.57. The molecule has 0 aliphatic heterocycles. The van der Waals surface area contributed by atoms with E-state index in [1.165, 1.54) is 0 Å². The van der Waals surface area contributed by atoms with Crippen LogP contribution in [0.25, 0.3) is 0 Å². The van der Waals surface area contributed by atoms with Crippen LogP contribution >= 0.6 is 0 Å². The lowest BCUT2D eigenvalue weighted by Crippen LogP contribution is -2.06. The van der Waals surface area contributed by atoms with Gasteiger partial charge in [0.1, 0.15) is 0 Å². The van der Waals surface area contributed by atoms with Gasteiger partial charge < -0.3 is 9.84 Å². The quantitative estimate of drug-likeness (QED) is 0.470. The van der Waals surface area contributed by atoms with Crippen LogP contribution in [-0.4, -0.2) is 24.3 Å². The van der Waals surface area contributed by atoms with Crippen molar-refractivity contribution in [2.75, 3.05) is 13.2 Å². The number of hydrogen-bond donors (Lipinski definition) is 1. The highest BCUT2D eigenvalue weighted by molar-refractivity contribution is 5.69. The molecule has 0 bridgehead atoms. The molecule has 0 aromatic heterocycles. The Bertz CT molecular complexity index is 100. The maximum atomic E-state index is 10.9. The Morgan fingerprint density at radius 1 is 1.33 bits per heavy atom. The molecule has 3 nitrogen and oxygen atoms in total. The van der Waals surface area contributed by atoms with Gasteiger partial charge in [-0.2, -0.15) is 0 Å². The molecule has 0 amide bonds. The predicted molar refractivity (Wildman–Crippen MR) is 46.8 cm³/mol. The van der Waals surface area contributed by atoms with Gasteiger partial charge in [-0.05, 0) is 6.42 Å². The largest absolute Gasteiger partial charge is 0.466 e. The van der Waals surface area contributed by atoms with Gasteiger partial charge in [-0.3, -0.25) is 4.79 Å². The van der Waals surface area contributed by atoms with Crippen LogP contribution < -0.4 is 0 Å². The Hall–Kier alpha value is -0.570. The van der Waals surface area contributed by atoms with Gasteiger partial charge in [0.05, 0.1) is 6.61 Å². The molecule has 0 spiro atoms. The highest BCUT2D eigenvalue weighted by Crippen LogP contribution is 2.00. The fourth-order valence-electron chi connectivity index (χ4n) is 0.842. The minimum atomic E-state index is -0.142. The van der Waals surface area contributed by atoms with Crippen LogP contribution in [-0.2, 0) is 9.53 Å². The van der Waals surface area contributed by atoms with Crippen molar-refractivity contribution in [1.82, 2.24) is 0 Å². The summed E-state index contributed by atoms with van der Waals surface area (Å²) < 4.78 is 4.83. The van der Waals surface area contributed by atoms with Crippen molar-refractivity contribution in [3.63, 3.8) is 0 Å². The fraction of sp³-hybridized carbons (Fsp3) is 0.889. The summed E-state index contributed by atoms with van der Waals surface area (Å²) in [6.07, 6.45) is 4.16. The fourth-order valence-corrected chi connectivity index (χ4v) is 0.842. The summed E-state index contributed by atoms with van der Waals surface area (Å²) in [7, 11) is 0. The molecule has 0 aliphatic carbocycles. The van der Waals surface area contributed by atoms with Gasteiger partial charge in [-0.15, -0.1) is 0 Å². The Labute approximate surface area is 73.7 Å². The first-order chi connectivity index (χ1) is 5.81. The van der Waals surface area contributed by atoms with Crippen LogP contribution in [0.4, 0.5) is 0 Å². The van der Waals surface area contributed by atoms with Crippen LogP contribution in [0.2, 0.25) is 0 Å². The lowest BCUT2D eigenvalue weighted by molar-refractivity contribution is -0.144. The van der Waals surface area contributed by atoms with E-state index in [2.05, 4.69) is 6.92 Å². The zero-order chi connectivity index (χ0) is 9.23. The van der Waals surface area contributed by atoms with Gasteiger partial charge in [0.2, 0.25) is 0 Å². The molecule has 0 aromatic rings. The van der Waals surface area contributed by atoms with Gasteiger partial charge in [0.15, 0.2) is 0 Å². The van der Waals surface area contributed by atoms with Crippen LogP contribution in [0.1, 0.15) is 39.0 Å². The maximum absolute atomic E-state index is 10.9. The molecule has 0 aromatic carbocycles. The Morgan fingerprint density at radius 3 is 2.67 bits per heavy atom. The molecular formula is C9H18O3. The molecule has 0 saturated heterocycles. The highest BCUT2D eigenvalue weighted by atomic mass is 16.5. The summed E-state index contributed by atoms with van der Waals surface area (Å²) in [6.45, 7) is 2.53. The normalized spacial score (nSPS) is 9.83. The van der Waals surface area contributed by atoms with Crippen molar-refractivity contribution in [1.29, 1.82) is 0 Å². The third-order valence-corrected chi connectivity index (χ3v) is 1.55. The first-order valence-corrected chi connectivity index (χ1v) is 4.57. The van der Waals surface area contributed by atoms with Crippen molar-refractivity contribution in [3.05, 3.63) is 0 Å². The summed E-state index contributed by atoms with van der Waals surface area (Å²) in [4.78, 5) is 10.9. The second-order valence-corrected chi connectivity index (χ2v) is 2.75. The number of ether oxygens (including phenoxy) is 1. The van der Waals surface area contributed by atoms with E-state index in [1.54, 1.807) is 0 Å². The van der Waals surface area contributed by atoms with Crippen molar-refractivity contribution >= 4 is 5.97 Å². The third kappa shape index (κ3) is 7.54. The summed E-state index contributed by atoms with van der Waals surface area (Å²) in [5.41, 5.74) is 0. The van der Waals surface area contributed by atoms with Gasteiger partial charge in [0, 0.05) is 19.4 Å². The second-order valence-electron chi connectivity index (χ2n) is 2.75. The summed E-state index contributed by atoms with van der Waals surface area (Å²) in [6, 6.07) is 0. The minimum Gasteiger partial charge on any atom is -0.466 e. The van der Waals surface area contributed by atoms with Crippen LogP contribution in [0.3, 0.4) is 0 Å². The Kier molecular flexibility index (Phi) is 8.12. The van der Waals surface area contributed by atoms with Gasteiger partial charge in [0.25, 0.3) is 0 Å². The average molecular weight is 174 g/mol. The molecule has 0 rings (SSSR count). The molecule has 0 aliphatic rings. The molecular weight excluding hydrogens is 156 g/mol. The molecule has 0 atom stereocenters. The summed E-state index contributed by atoms with van der Waals surface area (Å²) in [5, 5.41) is 8.40. The van der Waals surface area contributed by atoms with E-state index < -0.39 is 0 Å². The molecule has 0 radical (unpaired) electrons. The van der Waals surface area contributed by atoms with E-state index in [0.717, 1.165) is 19.3 Å². The molecule has 3 heteroatoms. The zero-order valence-corrected chi connectivity index (χ0v) is 7.71. The molecule has 0 fully saturated rings. The van der Waals surface area contributed by atoms with E-state index >= 15 is 0 Å². The zero-order valence-electron chi connectivity index (χ0n) is 7.71. The van der Waals surface area contributed by atoms with Gasteiger partial charge in [-0.1, -0.05) is 19.8 Å². The smallest absolute Gasteiger partial charge is 0.305 e. The topological polar surface area (TPSA) is 46.5 Å². The molecule has 72 valence electrons. The minimum absolute atomic E-state index is 0.0856. The molecule has 0 unspecified atom stereocenters. The number of rotatable bonds is 7. The Morgan fingerprint density at radius 2 is 2.08 bits per heavy atom. The monoisotopic (exact) mass is 174 g/mol. The lowest BCUT2D eigenvalue weighted by Gasteiger charge is -2.02. The SMILES string of the molecule is CCCCCC(=O)OCCCO. The van der Waals surface area contributed by atoms with Crippen LogP contribution in [0.15, 0.2) is 0 Å². The van der Waals surface area contributed by atoms with Crippen LogP contribution in [0.5, 0.6) is 0 Å². The van der Waals surface area contributed by atoms with Crippen molar-refractivity contribution in [2.24, 2.45) is 0 Å². The summed E-state index contributed by atoms with van der Waals surface area (Å²) >= 11 is 0. The average Bonchev–Trinajstić information content (AvgIpc) is 2.06. The van der Waals surface area contributed by atoms with E-state index in [0.29, 0.717) is 19.4 Å². The van der Waals surface area contributed by atoms with Crippen molar-refractivity contribution in [2.45, 2.75) is 39.0 Å². The van der Waals surface area contributed by atoms with Gasteiger partial charge in [-0.25, -0.2) is 0 Å².